The van der Waals surface area contributed by atoms with Gasteiger partial charge in [-0.05, 0) is 78.0 Å². The molecule has 12 nitrogen and oxygen atoms in total. The van der Waals surface area contributed by atoms with Gasteiger partial charge in [-0.25, -0.2) is 9.97 Å². The van der Waals surface area contributed by atoms with Gasteiger partial charge >= 0.3 is 0 Å². The van der Waals surface area contributed by atoms with Crippen LogP contribution in [0.1, 0.15) is 94.5 Å². The Morgan fingerprint density at radius 3 is 2.45 bits per heavy atom. The highest BCUT2D eigenvalue weighted by atomic mass is 16.5. The summed E-state index contributed by atoms with van der Waals surface area (Å²) in [5.41, 5.74) is 3.29. The van der Waals surface area contributed by atoms with Crippen LogP contribution in [0.3, 0.4) is 0 Å². The molecule has 3 aliphatic rings. The second-order valence-corrected chi connectivity index (χ2v) is 13.5. The van der Waals surface area contributed by atoms with Crippen LogP contribution in [0.15, 0.2) is 30.7 Å². The zero-order valence-electron chi connectivity index (χ0n) is 28.5. The number of ether oxygens (including phenoxy) is 1. The van der Waals surface area contributed by atoms with Gasteiger partial charge in [-0.3, -0.25) is 19.2 Å². The van der Waals surface area contributed by atoms with Gasteiger partial charge in [0.2, 0.25) is 5.95 Å². The molecule has 12 heteroatoms. The third kappa shape index (κ3) is 6.51. The molecule has 1 saturated carbocycles. The summed E-state index contributed by atoms with van der Waals surface area (Å²) in [7, 11) is 1.60. The summed E-state index contributed by atoms with van der Waals surface area (Å²) >= 11 is 0. The number of carbonyl (C=O) groups excluding carboxylic acids is 1. The van der Waals surface area contributed by atoms with Gasteiger partial charge in [0.25, 0.3) is 5.91 Å². The van der Waals surface area contributed by atoms with Gasteiger partial charge in [0.05, 0.1) is 30.7 Å². The molecule has 1 unspecified atom stereocenters. The van der Waals surface area contributed by atoms with E-state index in [4.69, 9.17) is 9.72 Å². The fourth-order valence-corrected chi connectivity index (χ4v) is 7.54. The molecule has 0 spiro atoms. The number of nitriles is 1. The van der Waals surface area contributed by atoms with Crippen LogP contribution in [0.25, 0.3) is 5.69 Å². The van der Waals surface area contributed by atoms with Gasteiger partial charge in [-0.1, -0.05) is 6.92 Å². The zero-order valence-corrected chi connectivity index (χ0v) is 28.5. The number of amides is 1. The molecule has 250 valence electrons. The van der Waals surface area contributed by atoms with Crippen molar-refractivity contribution in [2.24, 2.45) is 0 Å². The first-order valence-electron chi connectivity index (χ1n) is 17.1. The van der Waals surface area contributed by atoms with Crippen LogP contribution in [0.2, 0.25) is 0 Å². The highest BCUT2D eigenvalue weighted by Gasteiger charge is 2.36. The molecule has 2 N–H and O–H groups in total. The molecule has 3 aromatic rings. The van der Waals surface area contributed by atoms with Crippen LogP contribution in [0.4, 0.5) is 17.5 Å². The van der Waals surface area contributed by atoms with E-state index in [0.717, 1.165) is 75.5 Å². The van der Waals surface area contributed by atoms with Crippen molar-refractivity contribution in [2.75, 3.05) is 43.5 Å². The predicted octanol–water partition coefficient (Wildman–Crippen LogP) is 5.03. The fraction of sp³-hybridized carbons (Fsp3) is 0.571. The lowest BCUT2D eigenvalue weighted by atomic mass is 9.89. The molecule has 1 aliphatic carbocycles. The van der Waals surface area contributed by atoms with Crippen LogP contribution in [-0.2, 0) is 0 Å². The van der Waals surface area contributed by atoms with Crippen molar-refractivity contribution in [1.29, 1.82) is 5.26 Å². The number of imidazole rings is 1. The van der Waals surface area contributed by atoms with Crippen molar-refractivity contribution in [3.8, 4) is 17.5 Å². The van der Waals surface area contributed by atoms with Crippen molar-refractivity contribution >= 4 is 23.4 Å². The lowest BCUT2D eigenvalue weighted by molar-refractivity contribution is 0.0592. The summed E-state index contributed by atoms with van der Waals surface area (Å²) in [6.07, 6.45) is 8.46. The number of nitrogens with one attached hydrogen (secondary N) is 2. The van der Waals surface area contributed by atoms with E-state index < -0.39 is 0 Å². The van der Waals surface area contributed by atoms with E-state index >= 15 is 0 Å². The Morgan fingerprint density at radius 1 is 1.06 bits per heavy atom. The molecule has 2 aliphatic heterocycles. The molecule has 1 atom stereocenters. The normalized spacial score (nSPS) is 21.7. The largest absolute Gasteiger partial charge is 0.495 e. The third-order valence-corrected chi connectivity index (χ3v) is 10.1. The lowest BCUT2D eigenvalue weighted by Gasteiger charge is -2.43. The Labute approximate surface area is 278 Å². The van der Waals surface area contributed by atoms with E-state index in [1.54, 1.807) is 25.7 Å². The maximum Gasteiger partial charge on any atom is 0.251 e. The number of hydrogen-bond acceptors (Lipinski definition) is 10. The Morgan fingerprint density at radius 2 is 1.81 bits per heavy atom. The number of anilines is 3. The van der Waals surface area contributed by atoms with Crippen molar-refractivity contribution < 1.29 is 9.53 Å². The van der Waals surface area contributed by atoms with E-state index in [2.05, 4.69) is 76.0 Å². The molecular formula is C35H48N10O2. The molecule has 1 aromatic carbocycles. The first-order chi connectivity index (χ1) is 22.7. The lowest BCUT2D eigenvalue weighted by Crippen LogP contribution is -2.53. The first-order valence-corrected chi connectivity index (χ1v) is 17.1. The molecule has 4 heterocycles. The van der Waals surface area contributed by atoms with Crippen LogP contribution in [-0.4, -0.2) is 92.7 Å². The van der Waals surface area contributed by atoms with Crippen molar-refractivity contribution in [2.45, 2.75) is 96.9 Å². The molecule has 2 fully saturated rings. The molecular weight excluding hydrogens is 592 g/mol. The molecule has 6 rings (SSSR count). The average molecular weight is 641 g/mol. The van der Waals surface area contributed by atoms with Crippen LogP contribution in [0, 0.1) is 11.3 Å². The molecule has 0 radical (unpaired) electrons. The van der Waals surface area contributed by atoms with Crippen molar-refractivity contribution in [1.82, 2.24) is 34.6 Å². The summed E-state index contributed by atoms with van der Waals surface area (Å²) in [6.45, 7) is 15.5. The molecule has 47 heavy (non-hydrogen) atoms. The number of carbonyl (C=O) groups is 1. The zero-order chi connectivity index (χ0) is 33.2. The number of nitrogens with zero attached hydrogens (tertiary/aromatic N) is 8. The molecule has 2 aromatic heterocycles. The first kappa shape index (κ1) is 32.7. The number of hydrogen-bond donors (Lipinski definition) is 2. The fourth-order valence-electron chi connectivity index (χ4n) is 7.54. The van der Waals surface area contributed by atoms with Gasteiger partial charge in [0.15, 0.2) is 11.5 Å². The van der Waals surface area contributed by atoms with E-state index in [9.17, 15) is 10.1 Å². The maximum absolute atomic E-state index is 13.3. The minimum atomic E-state index is -0.0834. The summed E-state index contributed by atoms with van der Waals surface area (Å²) in [6, 6.07) is 9.15. The SMILES string of the molecule is CCC1c2c(C#N)ncn2-c2cnc(Nc3ccc(C(=O)NC4CCC(N5CCN(C(C)C)CC5)CC4)cc3OC)nc2N1C(C)C. The Hall–Kier alpha value is -4.21. The standard InChI is InChI=1S/C35H48N10O2/c1-7-29-32-28(19-36)38-21-44(32)30-20-37-35(41-33(30)45(29)23(4)5)40-27-13-8-24(18-31(27)47-6)34(46)39-25-9-11-26(12-10-25)43-16-14-42(15-17-43)22(2)3/h8,13,18,20-23,25-26,29H,7,9-12,14-17H2,1-6H3,(H,39,46)(H,37,40,41). The van der Waals surface area contributed by atoms with E-state index in [-0.39, 0.29) is 24.0 Å². The summed E-state index contributed by atoms with van der Waals surface area (Å²) in [5.74, 6) is 1.62. The van der Waals surface area contributed by atoms with Crippen molar-refractivity contribution in [3.63, 3.8) is 0 Å². The highest BCUT2D eigenvalue weighted by Crippen LogP contribution is 2.42. The topological polar surface area (TPSA) is 127 Å². The molecule has 1 saturated heterocycles. The smallest absolute Gasteiger partial charge is 0.251 e. The van der Waals surface area contributed by atoms with E-state index in [0.29, 0.717) is 40.7 Å². The maximum atomic E-state index is 13.3. The molecule has 0 bridgehead atoms. The highest BCUT2D eigenvalue weighted by molar-refractivity contribution is 5.95. The Kier molecular flexibility index (Phi) is 9.66. The Balaban J connectivity index is 1.12. The third-order valence-electron chi connectivity index (χ3n) is 10.1. The average Bonchev–Trinajstić information content (AvgIpc) is 3.52. The summed E-state index contributed by atoms with van der Waals surface area (Å²) < 4.78 is 7.64. The van der Waals surface area contributed by atoms with E-state index in [1.807, 2.05) is 16.7 Å². The quantitative estimate of drug-likeness (QED) is 0.329. The monoisotopic (exact) mass is 640 g/mol. The molecule has 1 amide bonds. The number of rotatable bonds is 9. The van der Waals surface area contributed by atoms with Crippen LogP contribution >= 0.6 is 0 Å². The predicted molar refractivity (Wildman–Crippen MR) is 183 cm³/mol. The Bertz CT molecular complexity index is 1610. The number of methoxy groups -OCH3 is 1. The van der Waals surface area contributed by atoms with Gasteiger partial charge in [-0.2, -0.15) is 10.2 Å². The minimum Gasteiger partial charge on any atom is -0.495 e. The van der Waals surface area contributed by atoms with Gasteiger partial charge in [-0.15, -0.1) is 0 Å². The van der Waals surface area contributed by atoms with E-state index in [1.165, 1.54) is 0 Å². The number of piperazine rings is 1. The minimum absolute atomic E-state index is 0.0507. The van der Waals surface area contributed by atoms with Crippen LogP contribution in [0.5, 0.6) is 5.75 Å². The van der Waals surface area contributed by atoms with Gasteiger partial charge in [0, 0.05) is 55.9 Å². The van der Waals surface area contributed by atoms with Crippen LogP contribution < -0.4 is 20.3 Å². The van der Waals surface area contributed by atoms with Crippen molar-refractivity contribution in [3.05, 3.63) is 47.7 Å². The second-order valence-electron chi connectivity index (χ2n) is 13.5. The second kappa shape index (κ2) is 13.9. The van der Waals surface area contributed by atoms with Gasteiger partial charge < -0.3 is 20.3 Å². The van der Waals surface area contributed by atoms with Gasteiger partial charge in [0.1, 0.15) is 23.8 Å². The summed E-state index contributed by atoms with van der Waals surface area (Å²) in [4.78, 5) is 34.7. The number of aromatic nitrogens is 4. The number of fused-ring (bicyclic) bond motifs is 3. The summed E-state index contributed by atoms with van der Waals surface area (Å²) in [5, 5.41) is 16.3. The number of benzene rings is 1.